The van der Waals surface area contributed by atoms with E-state index in [9.17, 15) is 4.79 Å². The predicted octanol–water partition coefficient (Wildman–Crippen LogP) is 2.48. The van der Waals surface area contributed by atoms with E-state index >= 15 is 0 Å². The van der Waals surface area contributed by atoms with Crippen molar-refractivity contribution < 1.29 is 4.79 Å². The highest BCUT2D eigenvalue weighted by Crippen LogP contribution is 2.33. The number of amides is 1. The average Bonchev–Trinajstić information content (AvgIpc) is 3.41. The maximum atomic E-state index is 12.8. The van der Waals surface area contributed by atoms with Gasteiger partial charge in [-0.3, -0.25) is 4.79 Å². The molecule has 2 unspecified atom stereocenters. The first-order valence-corrected chi connectivity index (χ1v) is 10.5. The first-order chi connectivity index (χ1) is 14.1. The average molecular weight is 411 g/mol. The molecule has 8 heteroatoms. The van der Waals surface area contributed by atoms with Gasteiger partial charge in [0.25, 0.3) is 0 Å². The lowest BCUT2D eigenvalue weighted by atomic mass is 10.0. The molecule has 2 aliphatic rings. The van der Waals surface area contributed by atoms with Crippen molar-refractivity contribution >= 4 is 29.0 Å². The minimum absolute atomic E-state index is 0.163. The fourth-order valence-corrected chi connectivity index (χ4v) is 4.72. The first kappa shape index (κ1) is 18.4. The molecule has 2 aliphatic heterocycles. The van der Waals surface area contributed by atoms with E-state index in [-0.39, 0.29) is 5.91 Å². The largest absolute Gasteiger partial charge is 0.354 e. The minimum atomic E-state index is 0.163. The van der Waals surface area contributed by atoms with Gasteiger partial charge in [0.1, 0.15) is 5.82 Å². The zero-order valence-corrected chi connectivity index (χ0v) is 17.1. The molecule has 0 spiro atoms. The Morgan fingerprint density at radius 1 is 1.07 bits per heavy atom. The zero-order valence-electron chi connectivity index (χ0n) is 16.3. The summed E-state index contributed by atoms with van der Waals surface area (Å²) in [4.78, 5) is 17.1. The van der Waals surface area contributed by atoms with E-state index in [1.54, 1.807) is 0 Å². The van der Waals surface area contributed by atoms with Gasteiger partial charge in [0.2, 0.25) is 5.91 Å². The number of aromatic nitrogens is 4. The quantitative estimate of drug-likeness (QED) is 0.661. The topological polar surface area (TPSA) is 66.6 Å². The first-order valence-electron chi connectivity index (χ1n) is 10.1. The van der Waals surface area contributed by atoms with E-state index in [2.05, 4.69) is 22.0 Å². The van der Waals surface area contributed by atoms with Crippen molar-refractivity contribution in [1.29, 1.82) is 0 Å². The number of halogens is 1. The van der Waals surface area contributed by atoms with Gasteiger partial charge in [0.05, 0.1) is 6.42 Å². The highest BCUT2D eigenvalue weighted by molar-refractivity contribution is 6.31. The summed E-state index contributed by atoms with van der Waals surface area (Å²) in [5.41, 5.74) is 1.68. The summed E-state index contributed by atoms with van der Waals surface area (Å²) >= 11 is 6.22. The molecule has 2 saturated heterocycles. The molecule has 2 aromatic heterocycles. The van der Waals surface area contributed by atoms with Gasteiger partial charge in [0, 0.05) is 49.5 Å². The van der Waals surface area contributed by atoms with Crippen molar-refractivity contribution in [3.8, 4) is 0 Å². The van der Waals surface area contributed by atoms with Crippen molar-refractivity contribution in [3.05, 3.63) is 52.8 Å². The summed E-state index contributed by atoms with van der Waals surface area (Å²) in [5, 5.41) is 13.8. The van der Waals surface area contributed by atoms with Crippen molar-refractivity contribution in [2.24, 2.45) is 11.8 Å². The summed E-state index contributed by atoms with van der Waals surface area (Å²) in [6, 6.07) is 11.6. The highest BCUT2D eigenvalue weighted by Gasteiger charge is 2.42. The summed E-state index contributed by atoms with van der Waals surface area (Å²) in [5.74, 6) is 2.95. The van der Waals surface area contributed by atoms with Crippen LogP contribution in [0.25, 0.3) is 5.65 Å². The molecule has 0 aliphatic carbocycles. The Morgan fingerprint density at radius 2 is 1.83 bits per heavy atom. The number of carbonyl (C=O) groups excluding carboxylic acids is 1. The molecule has 4 heterocycles. The number of fused-ring (bicyclic) bond motifs is 2. The van der Waals surface area contributed by atoms with E-state index < -0.39 is 0 Å². The van der Waals surface area contributed by atoms with Crippen molar-refractivity contribution in [3.63, 3.8) is 0 Å². The molecule has 0 saturated carbocycles. The van der Waals surface area contributed by atoms with E-state index in [1.165, 1.54) is 0 Å². The maximum Gasteiger partial charge on any atom is 0.227 e. The van der Waals surface area contributed by atoms with Gasteiger partial charge in [-0.25, -0.2) is 0 Å². The Bertz CT molecular complexity index is 1050. The van der Waals surface area contributed by atoms with Gasteiger partial charge >= 0.3 is 0 Å². The number of carbonyl (C=O) groups is 1. The van der Waals surface area contributed by atoms with Crippen LogP contribution in [-0.2, 0) is 17.6 Å². The molecule has 1 aromatic carbocycles. The van der Waals surface area contributed by atoms with Gasteiger partial charge in [-0.2, -0.15) is 4.52 Å². The number of aryl methyl sites for hydroxylation is 1. The molecular weight excluding hydrogens is 388 g/mol. The second-order valence-electron chi connectivity index (χ2n) is 7.92. The number of likely N-dealkylation sites (tertiary alicyclic amines) is 1. The normalized spacial score (nSPS) is 21.2. The van der Waals surface area contributed by atoms with Crippen LogP contribution in [0.1, 0.15) is 18.3 Å². The Morgan fingerprint density at radius 3 is 2.55 bits per heavy atom. The zero-order chi connectivity index (χ0) is 20.0. The van der Waals surface area contributed by atoms with E-state index in [0.29, 0.717) is 23.3 Å². The summed E-state index contributed by atoms with van der Waals surface area (Å²) in [7, 11) is 0. The molecule has 150 valence electrons. The van der Waals surface area contributed by atoms with E-state index in [1.807, 2.05) is 45.8 Å². The van der Waals surface area contributed by atoms with Crippen LogP contribution in [0.15, 0.2) is 36.4 Å². The lowest BCUT2D eigenvalue weighted by Gasteiger charge is -2.22. The van der Waals surface area contributed by atoms with Gasteiger partial charge in [-0.15, -0.1) is 15.3 Å². The minimum Gasteiger partial charge on any atom is -0.354 e. The van der Waals surface area contributed by atoms with Crippen LogP contribution < -0.4 is 4.90 Å². The van der Waals surface area contributed by atoms with Crippen LogP contribution >= 0.6 is 11.6 Å². The smallest absolute Gasteiger partial charge is 0.227 e. The van der Waals surface area contributed by atoms with Crippen molar-refractivity contribution in [1.82, 2.24) is 24.7 Å². The van der Waals surface area contributed by atoms with Crippen molar-refractivity contribution in [2.75, 3.05) is 31.1 Å². The van der Waals surface area contributed by atoms with E-state index in [0.717, 1.165) is 55.5 Å². The molecule has 0 radical (unpaired) electrons. The predicted molar refractivity (Wildman–Crippen MR) is 111 cm³/mol. The standard InChI is InChI=1S/C21H23ClN6O/c1-2-18-23-24-19-7-8-20(25-28(18)19)26-10-15-12-27(13-16(15)11-26)21(29)9-14-5-3-4-6-17(14)22/h3-8,15-16H,2,9-13H2,1H3. The summed E-state index contributed by atoms with van der Waals surface area (Å²) in [6.45, 7) is 5.50. The Balaban J connectivity index is 1.25. The number of anilines is 1. The molecule has 0 N–H and O–H groups in total. The van der Waals surface area contributed by atoms with E-state index in [4.69, 9.17) is 16.7 Å². The number of hydrogen-bond donors (Lipinski definition) is 0. The van der Waals surface area contributed by atoms with Crippen LogP contribution in [0.5, 0.6) is 0 Å². The monoisotopic (exact) mass is 410 g/mol. The maximum absolute atomic E-state index is 12.8. The molecule has 1 amide bonds. The number of benzene rings is 1. The van der Waals surface area contributed by atoms with Gasteiger partial charge in [-0.1, -0.05) is 36.7 Å². The third-order valence-corrected chi connectivity index (χ3v) is 6.46. The van der Waals surface area contributed by atoms with Gasteiger partial charge in [-0.05, 0) is 23.8 Å². The molecule has 2 fully saturated rings. The third-order valence-electron chi connectivity index (χ3n) is 6.09. The summed E-state index contributed by atoms with van der Waals surface area (Å²) in [6.07, 6.45) is 1.17. The van der Waals surface area contributed by atoms with Gasteiger partial charge in [0.15, 0.2) is 11.5 Å². The molecule has 29 heavy (non-hydrogen) atoms. The third kappa shape index (κ3) is 3.33. The molecule has 0 bridgehead atoms. The second kappa shape index (κ2) is 7.30. The Kier molecular flexibility index (Phi) is 4.62. The van der Waals surface area contributed by atoms with Crippen LogP contribution in [0.4, 0.5) is 5.82 Å². The highest BCUT2D eigenvalue weighted by atomic mass is 35.5. The van der Waals surface area contributed by atoms with Crippen LogP contribution in [0, 0.1) is 11.8 Å². The number of hydrogen-bond acceptors (Lipinski definition) is 5. The molecule has 2 atom stereocenters. The van der Waals surface area contributed by atoms with Crippen LogP contribution in [0.2, 0.25) is 5.02 Å². The molecule has 3 aromatic rings. The Hall–Kier alpha value is -2.67. The molecule has 7 nitrogen and oxygen atoms in total. The lowest BCUT2D eigenvalue weighted by Crippen LogP contribution is -2.34. The number of nitrogens with zero attached hydrogens (tertiary/aromatic N) is 6. The van der Waals surface area contributed by atoms with Crippen LogP contribution in [0.3, 0.4) is 0 Å². The fourth-order valence-electron chi connectivity index (χ4n) is 4.51. The van der Waals surface area contributed by atoms with Crippen molar-refractivity contribution in [2.45, 2.75) is 19.8 Å². The molecular formula is C21H23ClN6O. The van der Waals surface area contributed by atoms with Crippen LogP contribution in [-0.4, -0.2) is 56.8 Å². The Labute approximate surface area is 174 Å². The molecule has 5 rings (SSSR count). The number of rotatable bonds is 4. The fraction of sp³-hybridized carbons (Fsp3) is 0.429. The van der Waals surface area contributed by atoms with Gasteiger partial charge < -0.3 is 9.80 Å². The second-order valence-corrected chi connectivity index (χ2v) is 8.33. The lowest BCUT2D eigenvalue weighted by molar-refractivity contribution is -0.129. The summed E-state index contributed by atoms with van der Waals surface area (Å²) < 4.78 is 1.84. The SMILES string of the molecule is CCc1nnc2ccc(N3CC4CN(C(=O)Cc5ccccc5Cl)CC4C3)nn12.